The van der Waals surface area contributed by atoms with Gasteiger partial charge in [0, 0.05) is 22.9 Å². The van der Waals surface area contributed by atoms with Crippen LogP contribution in [-0.2, 0) is 12.0 Å². The van der Waals surface area contributed by atoms with Crippen LogP contribution in [0.25, 0.3) is 11.0 Å². The van der Waals surface area contributed by atoms with Gasteiger partial charge in [0.15, 0.2) is 5.13 Å². The van der Waals surface area contributed by atoms with E-state index in [4.69, 9.17) is 0 Å². The Hall–Kier alpha value is -2.28. The van der Waals surface area contributed by atoms with Crippen molar-refractivity contribution in [2.75, 3.05) is 5.32 Å². The second kappa shape index (κ2) is 5.73. The summed E-state index contributed by atoms with van der Waals surface area (Å²) in [4.78, 5) is 16.9. The van der Waals surface area contributed by atoms with E-state index in [1.165, 1.54) is 11.3 Å². The van der Waals surface area contributed by atoms with Gasteiger partial charge in [0.25, 0.3) is 5.91 Å². The Kier molecular flexibility index (Phi) is 3.89. The maximum atomic E-state index is 12.4. The lowest BCUT2D eigenvalue weighted by molar-refractivity contribution is 0.102. The molecule has 1 amide bonds. The van der Waals surface area contributed by atoms with Crippen molar-refractivity contribution < 1.29 is 4.79 Å². The number of aromatic nitrogens is 4. The molecule has 3 rings (SSSR count). The van der Waals surface area contributed by atoms with Gasteiger partial charge < -0.3 is 0 Å². The second-order valence-corrected chi connectivity index (χ2v) is 7.21. The minimum Gasteiger partial charge on any atom is -0.298 e. The molecule has 23 heavy (non-hydrogen) atoms. The van der Waals surface area contributed by atoms with Crippen molar-refractivity contribution >= 4 is 33.4 Å². The highest BCUT2D eigenvalue weighted by Crippen LogP contribution is 2.26. The van der Waals surface area contributed by atoms with Crippen molar-refractivity contribution in [3.63, 3.8) is 0 Å². The number of thiazole rings is 1. The predicted molar refractivity (Wildman–Crippen MR) is 92.0 cm³/mol. The summed E-state index contributed by atoms with van der Waals surface area (Å²) in [6.07, 6.45) is 0. The minimum absolute atomic E-state index is 0.0307. The minimum atomic E-state index is -0.187. The number of carbonyl (C=O) groups excluding carboxylic acids is 1. The maximum Gasteiger partial charge on any atom is 0.257 e. The van der Waals surface area contributed by atoms with Gasteiger partial charge in [-0.25, -0.2) is 9.67 Å². The number of benzene rings is 1. The summed E-state index contributed by atoms with van der Waals surface area (Å²) < 4.78 is 1.80. The molecule has 0 saturated carbocycles. The van der Waals surface area contributed by atoms with Crippen LogP contribution in [0, 0.1) is 0 Å². The molecule has 0 spiro atoms. The van der Waals surface area contributed by atoms with Gasteiger partial charge in [-0.05, 0) is 25.1 Å². The molecular formula is C16H19N5OS. The van der Waals surface area contributed by atoms with E-state index in [1.54, 1.807) is 16.8 Å². The molecule has 0 atom stereocenters. The van der Waals surface area contributed by atoms with Crippen LogP contribution in [-0.4, -0.2) is 25.9 Å². The van der Waals surface area contributed by atoms with E-state index >= 15 is 0 Å². The highest BCUT2D eigenvalue weighted by atomic mass is 32.1. The first-order chi connectivity index (χ1) is 10.9. The Labute approximate surface area is 138 Å². The normalized spacial score (nSPS) is 11.8. The average Bonchev–Trinajstić information content (AvgIpc) is 3.12. The number of anilines is 1. The van der Waals surface area contributed by atoms with Gasteiger partial charge in [-0.1, -0.05) is 26.0 Å². The monoisotopic (exact) mass is 329 g/mol. The smallest absolute Gasteiger partial charge is 0.257 e. The van der Waals surface area contributed by atoms with Gasteiger partial charge in [-0.2, -0.15) is 0 Å². The SMILES string of the molecule is CCn1nnc2cc(C(=O)Nc3nc(C(C)(C)C)cs3)ccc21. The quantitative estimate of drug-likeness (QED) is 0.798. The molecule has 0 aliphatic heterocycles. The molecule has 0 fully saturated rings. The van der Waals surface area contributed by atoms with Crippen LogP contribution in [0.2, 0.25) is 0 Å². The summed E-state index contributed by atoms with van der Waals surface area (Å²) in [7, 11) is 0. The molecule has 2 heterocycles. The van der Waals surface area contributed by atoms with E-state index in [0.717, 1.165) is 17.8 Å². The Morgan fingerprint density at radius 2 is 2.13 bits per heavy atom. The van der Waals surface area contributed by atoms with Crippen molar-refractivity contribution in [3.05, 3.63) is 34.8 Å². The number of fused-ring (bicyclic) bond motifs is 1. The Morgan fingerprint density at radius 1 is 1.35 bits per heavy atom. The van der Waals surface area contributed by atoms with Crippen molar-refractivity contribution in [2.45, 2.75) is 39.7 Å². The van der Waals surface area contributed by atoms with Gasteiger partial charge in [-0.15, -0.1) is 16.4 Å². The highest BCUT2D eigenvalue weighted by Gasteiger charge is 2.18. The third-order valence-electron chi connectivity index (χ3n) is 3.57. The van der Waals surface area contributed by atoms with Crippen molar-refractivity contribution in [3.8, 4) is 0 Å². The summed E-state index contributed by atoms with van der Waals surface area (Å²) in [5.41, 5.74) is 3.13. The van der Waals surface area contributed by atoms with Gasteiger partial charge in [-0.3, -0.25) is 10.1 Å². The fourth-order valence-corrected chi connectivity index (χ4v) is 3.12. The first kappa shape index (κ1) is 15.6. The van der Waals surface area contributed by atoms with E-state index in [-0.39, 0.29) is 11.3 Å². The summed E-state index contributed by atoms with van der Waals surface area (Å²) in [5.74, 6) is -0.187. The summed E-state index contributed by atoms with van der Waals surface area (Å²) >= 11 is 1.44. The van der Waals surface area contributed by atoms with Crippen LogP contribution >= 0.6 is 11.3 Å². The summed E-state index contributed by atoms with van der Waals surface area (Å²) in [6.45, 7) is 9.04. The average molecular weight is 329 g/mol. The van der Waals surface area contributed by atoms with E-state index in [9.17, 15) is 4.79 Å². The fourth-order valence-electron chi connectivity index (χ4n) is 2.19. The number of nitrogens with one attached hydrogen (secondary N) is 1. The van der Waals surface area contributed by atoms with Crippen LogP contribution < -0.4 is 5.32 Å². The van der Waals surface area contributed by atoms with Crippen molar-refractivity contribution in [2.24, 2.45) is 0 Å². The van der Waals surface area contributed by atoms with Crippen LogP contribution in [0.1, 0.15) is 43.7 Å². The van der Waals surface area contributed by atoms with Gasteiger partial charge in [0.1, 0.15) is 5.52 Å². The number of rotatable bonds is 3. The molecule has 7 heteroatoms. The molecule has 0 aliphatic carbocycles. The van der Waals surface area contributed by atoms with Gasteiger partial charge in [0.2, 0.25) is 0 Å². The number of carbonyl (C=O) groups is 1. The Balaban J connectivity index is 1.82. The second-order valence-electron chi connectivity index (χ2n) is 6.35. The number of amides is 1. The van der Waals surface area contributed by atoms with Crippen molar-refractivity contribution in [1.29, 1.82) is 0 Å². The molecule has 0 bridgehead atoms. The zero-order chi connectivity index (χ0) is 16.6. The van der Waals surface area contributed by atoms with Crippen molar-refractivity contribution in [1.82, 2.24) is 20.0 Å². The Morgan fingerprint density at radius 3 is 2.78 bits per heavy atom. The number of nitrogens with zero attached hydrogens (tertiary/aromatic N) is 4. The van der Waals surface area contributed by atoms with E-state index in [0.29, 0.717) is 16.2 Å². The molecular weight excluding hydrogens is 310 g/mol. The van der Waals surface area contributed by atoms with Crippen LogP contribution in [0.15, 0.2) is 23.6 Å². The maximum absolute atomic E-state index is 12.4. The van der Waals surface area contributed by atoms with E-state index < -0.39 is 0 Å². The van der Waals surface area contributed by atoms with Crippen LogP contribution in [0.5, 0.6) is 0 Å². The lowest BCUT2D eigenvalue weighted by Gasteiger charge is -2.14. The molecule has 6 nitrogen and oxygen atoms in total. The largest absolute Gasteiger partial charge is 0.298 e. The van der Waals surface area contributed by atoms with E-state index in [1.807, 2.05) is 18.4 Å². The third-order valence-corrected chi connectivity index (χ3v) is 4.33. The molecule has 1 aromatic carbocycles. The topological polar surface area (TPSA) is 72.7 Å². The van der Waals surface area contributed by atoms with E-state index in [2.05, 4.69) is 41.4 Å². The zero-order valence-corrected chi connectivity index (χ0v) is 14.4. The van der Waals surface area contributed by atoms with Gasteiger partial charge >= 0.3 is 0 Å². The molecule has 0 saturated heterocycles. The Bertz CT molecular complexity index is 859. The van der Waals surface area contributed by atoms with Crippen LogP contribution in [0.3, 0.4) is 0 Å². The van der Waals surface area contributed by atoms with Crippen LogP contribution in [0.4, 0.5) is 5.13 Å². The summed E-state index contributed by atoms with van der Waals surface area (Å²) in [5, 5.41) is 13.6. The third kappa shape index (κ3) is 3.10. The molecule has 0 unspecified atom stereocenters. The fraction of sp³-hybridized carbons (Fsp3) is 0.375. The predicted octanol–water partition coefficient (Wildman–Crippen LogP) is 3.46. The number of hydrogen-bond donors (Lipinski definition) is 1. The summed E-state index contributed by atoms with van der Waals surface area (Å²) in [6, 6.07) is 5.41. The molecule has 2 aromatic heterocycles. The first-order valence-corrected chi connectivity index (χ1v) is 8.37. The molecule has 0 aliphatic rings. The lowest BCUT2D eigenvalue weighted by Crippen LogP contribution is -2.14. The first-order valence-electron chi connectivity index (χ1n) is 7.49. The zero-order valence-electron chi connectivity index (χ0n) is 13.6. The lowest BCUT2D eigenvalue weighted by atomic mass is 9.93. The van der Waals surface area contributed by atoms with Gasteiger partial charge in [0.05, 0.1) is 11.2 Å². The number of aryl methyl sites for hydroxylation is 1. The number of hydrogen-bond acceptors (Lipinski definition) is 5. The molecule has 3 aromatic rings. The standard InChI is InChI=1S/C16H19N5OS/c1-5-21-12-7-6-10(8-11(12)19-20-21)14(22)18-15-17-13(9-23-15)16(2,3)4/h6-9H,5H2,1-4H3,(H,17,18,22). The molecule has 120 valence electrons. The highest BCUT2D eigenvalue weighted by molar-refractivity contribution is 7.14. The molecule has 1 N–H and O–H groups in total. The molecule has 0 radical (unpaired) electrons.